The summed E-state index contributed by atoms with van der Waals surface area (Å²) in [5.74, 6) is -3.39. The van der Waals surface area contributed by atoms with Crippen molar-refractivity contribution >= 4 is 23.1 Å². The van der Waals surface area contributed by atoms with Gasteiger partial charge in [-0.15, -0.1) is 0 Å². The molecule has 0 aliphatic rings. The number of ether oxygens (including phenoxy) is 1. The van der Waals surface area contributed by atoms with Crippen LogP contribution in [0.5, 0.6) is 5.75 Å². The minimum atomic E-state index is -1.73. The Morgan fingerprint density at radius 3 is 2.36 bits per heavy atom. The van der Waals surface area contributed by atoms with Crippen LogP contribution in [0, 0.1) is 5.82 Å². The molecular formula is C16H11ClF2O3. The van der Waals surface area contributed by atoms with E-state index in [4.69, 9.17) is 21.4 Å². The Balaban J connectivity index is 2.73. The lowest BCUT2D eigenvalue weighted by Gasteiger charge is -2.13. The van der Waals surface area contributed by atoms with Crippen LogP contribution in [0.15, 0.2) is 48.3 Å². The highest BCUT2D eigenvalue weighted by molar-refractivity contribution is 6.30. The monoisotopic (exact) mass is 324 g/mol. The largest absolute Gasteiger partial charge is 0.496 e. The van der Waals surface area contributed by atoms with Crippen molar-refractivity contribution in [2.45, 2.75) is 0 Å². The maximum atomic E-state index is 14.2. The van der Waals surface area contributed by atoms with Crippen LogP contribution in [-0.2, 0) is 4.79 Å². The second-order valence-electron chi connectivity index (χ2n) is 4.35. The highest BCUT2D eigenvalue weighted by Gasteiger charge is 2.21. The van der Waals surface area contributed by atoms with E-state index < -0.39 is 17.6 Å². The maximum absolute atomic E-state index is 14.2. The third-order valence-corrected chi connectivity index (χ3v) is 3.21. The fourth-order valence-corrected chi connectivity index (χ4v) is 2.16. The summed E-state index contributed by atoms with van der Waals surface area (Å²) in [5, 5.41) is 9.33. The molecule has 0 radical (unpaired) electrons. The lowest BCUT2D eigenvalue weighted by molar-refractivity contribution is -0.134. The summed E-state index contributed by atoms with van der Waals surface area (Å²) in [7, 11) is 1.36. The van der Waals surface area contributed by atoms with E-state index in [-0.39, 0.29) is 22.4 Å². The van der Waals surface area contributed by atoms with Gasteiger partial charge in [0.1, 0.15) is 11.6 Å². The quantitative estimate of drug-likeness (QED) is 0.853. The number of carbonyl (C=O) groups is 1. The number of carboxylic acids is 1. The molecule has 0 unspecified atom stereocenters. The summed E-state index contributed by atoms with van der Waals surface area (Å²) >= 11 is 5.85. The molecule has 2 aromatic carbocycles. The molecule has 0 spiro atoms. The highest BCUT2D eigenvalue weighted by Crippen LogP contribution is 2.35. The van der Waals surface area contributed by atoms with Gasteiger partial charge in [-0.1, -0.05) is 23.7 Å². The van der Waals surface area contributed by atoms with Crippen molar-refractivity contribution in [2.75, 3.05) is 7.11 Å². The topological polar surface area (TPSA) is 46.5 Å². The zero-order valence-corrected chi connectivity index (χ0v) is 12.2. The second-order valence-corrected chi connectivity index (χ2v) is 4.78. The van der Waals surface area contributed by atoms with Crippen LogP contribution in [0.2, 0.25) is 5.02 Å². The van der Waals surface area contributed by atoms with Crippen molar-refractivity contribution in [3.05, 3.63) is 70.3 Å². The van der Waals surface area contributed by atoms with Crippen LogP contribution in [0.25, 0.3) is 5.57 Å². The number of hydrogen-bond acceptors (Lipinski definition) is 2. The van der Waals surface area contributed by atoms with Crippen molar-refractivity contribution in [1.29, 1.82) is 0 Å². The molecule has 0 aliphatic heterocycles. The number of aliphatic carboxylic acids is 1. The molecule has 0 saturated heterocycles. The number of halogens is 3. The molecule has 0 aliphatic carbocycles. The van der Waals surface area contributed by atoms with Crippen molar-refractivity contribution in [3.8, 4) is 5.75 Å². The van der Waals surface area contributed by atoms with Crippen molar-refractivity contribution in [2.24, 2.45) is 0 Å². The van der Waals surface area contributed by atoms with Crippen LogP contribution < -0.4 is 4.74 Å². The average molecular weight is 325 g/mol. The van der Waals surface area contributed by atoms with E-state index in [1.54, 1.807) is 0 Å². The summed E-state index contributed by atoms with van der Waals surface area (Å²) < 4.78 is 32.3. The predicted octanol–water partition coefficient (Wildman–Crippen LogP) is 4.30. The molecule has 0 bridgehead atoms. The van der Waals surface area contributed by atoms with Crippen molar-refractivity contribution in [1.82, 2.24) is 0 Å². The molecule has 114 valence electrons. The third-order valence-electron chi connectivity index (χ3n) is 2.97. The van der Waals surface area contributed by atoms with Crippen molar-refractivity contribution < 1.29 is 23.4 Å². The first-order valence-electron chi connectivity index (χ1n) is 6.17. The molecule has 2 rings (SSSR count). The first-order valence-corrected chi connectivity index (χ1v) is 6.54. The van der Waals surface area contributed by atoms with Crippen LogP contribution in [0.4, 0.5) is 8.78 Å². The fourth-order valence-electron chi connectivity index (χ4n) is 2.00. The molecule has 0 saturated carbocycles. The molecule has 0 atom stereocenters. The third kappa shape index (κ3) is 3.26. The van der Waals surface area contributed by atoms with E-state index in [1.807, 2.05) is 0 Å². The van der Waals surface area contributed by atoms with Gasteiger partial charge in [-0.2, -0.15) is 4.39 Å². The van der Waals surface area contributed by atoms with Gasteiger partial charge in [-0.3, -0.25) is 0 Å². The fraction of sp³-hybridized carbons (Fsp3) is 0.0625. The smallest absolute Gasteiger partial charge is 0.365 e. The van der Waals surface area contributed by atoms with E-state index in [0.29, 0.717) is 5.02 Å². The molecule has 0 aromatic heterocycles. The van der Waals surface area contributed by atoms with E-state index in [1.165, 1.54) is 37.4 Å². The SMILES string of the molecule is COc1cc(Cl)ccc1C(=C(F)C(=O)O)c1ccc(F)cc1. The maximum Gasteiger partial charge on any atom is 0.365 e. The summed E-state index contributed by atoms with van der Waals surface area (Å²) in [6.45, 7) is 0. The Morgan fingerprint density at radius 2 is 1.82 bits per heavy atom. The zero-order valence-electron chi connectivity index (χ0n) is 11.4. The van der Waals surface area contributed by atoms with Crippen molar-refractivity contribution in [3.63, 3.8) is 0 Å². The molecule has 0 fully saturated rings. The Morgan fingerprint density at radius 1 is 1.18 bits per heavy atom. The van der Waals surface area contributed by atoms with Gasteiger partial charge < -0.3 is 9.84 Å². The normalized spacial score (nSPS) is 11.8. The van der Waals surface area contributed by atoms with Crippen LogP contribution in [-0.4, -0.2) is 18.2 Å². The predicted molar refractivity (Wildman–Crippen MR) is 79.2 cm³/mol. The minimum absolute atomic E-state index is 0.207. The van der Waals surface area contributed by atoms with Gasteiger partial charge in [0.05, 0.1) is 7.11 Å². The second kappa shape index (κ2) is 6.58. The Labute approximate surface area is 130 Å². The van der Waals surface area contributed by atoms with Gasteiger partial charge in [0.2, 0.25) is 5.83 Å². The van der Waals surface area contributed by atoms with Gasteiger partial charge in [0.25, 0.3) is 0 Å². The standard InChI is InChI=1S/C16H11ClF2O3/c1-22-13-8-10(17)4-7-12(13)14(15(19)16(20)21)9-2-5-11(18)6-3-9/h2-8H,1H3,(H,20,21). The van der Waals surface area contributed by atoms with E-state index in [2.05, 4.69) is 0 Å². The summed E-state index contributed by atoms with van der Waals surface area (Å²) in [5.41, 5.74) is 0.210. The van der Waals surface area contributed by atoms with E-state index in [0.717, 1.165) is 12.1 Å². The van der Waals surface area contributed by atoms with Gasteiger partial charge in [-0.25, -0.2) is 9.18 Å². The number of carboxylic acid groups (broad SMARTS) is 1. The number of methoxy groups -OCH3 is 1. The van der Waals surface area contributed by atoms with Crippen LogP contribution in [0.1, 0.15) is 11.1 Å². The zero-order chi connectivity index (χ0) is 16.3. The number of hydrogen-bond donors (Lipinski definition) is 1. The molecule has 22 heavy (non-hydrogen) atoms. The van der Waals surface area contributed by atoms with Crippen LogP contribution >= 0.6 is 11.6 Å². The first kappa shape index (κ1) is 16.0. The molecule has 0 heterocycles. The molecule has 3 nitrogen and oxygen atoms in total. The number of rotatable bonds is 4. The minimum Gasteiger partial charge on any atom is -0.496 e. The first-order chi connectivity index (χ1) is 10.4. The molecule has 2 aromatic rings. The van der Waals surface area contributed by atoms with Crippen LogP contribution in [0.3, 0.4) is 0 Å². The molecule has 6 heteroatoms. The molecule has 1 N–H and O–H groups in total. The van der Waals surface area contributed by atoms with Gasteiger partial charge in [-0.05, 0) is 35.9 Å². The summed E-state index contributed by atoms with van der Waals surface area (Å²) in [4.78, 5) is 11.0. The molecular weight excluding hydrogens is 314 g/mol. The molecule has 0 amide bonds. The van der Waals surface area contributed by atoms with E-state index in [9.17, 15) is 13.6 Å². The average Bonchev–Trinajstić information content (AvgIpc) is 2.50. The highest BCUT2D eigenvalue weighted by atomic mass is 35.5. The van der Waals surface area contributed by atoms with Gasteiger partial charge in [0, 0.05) is 16.2 Å². The summed E-state index contributed by atoms with van der Waals surface area (Å²) in [6.07, 6.45) is 0. The lowest BCUT2D eigenvalue weighted by atomic mass is 9.96. The number of benzene rings is 2. The lowest BCUT2D eigenvalue weighted by Crippen LogP contribution is -2.03. The summed E-state index contributed by atoms with van der Waals surface area (Å²) in [6, 6.07) is 9.19. The van der Waals surface area contributed by atoms with Gasteiger partial charge in [0.15, 0.2) is 0 Å². The van der Waals surface area contributed by atoms with Gasteiger partial charge >= 0.3 is 5.97 Å². The Kier molecular flexibility index (Phi) is 4.78. The Hall–Kier alpha value is -2.40. The van der Waals surface area contributed by atoms with E-state index >= 15 is 0 Å². The Bertz CT molecular complexity index is 740.